The van der Waals surface area contributed by atoms with Gasteiger partial charge in [0.1, 0.15) is 6.29 Å². The Balaban J connectivity index is 0.000000187. The molecule has 0 aromatic heterocycles. The van der Waals surface area contributed by atoms with Crippen molar-refractivity contribution in [2.24, 2.45) is 17.8 Å². The lowest BCUT2D eigenvalue weighted by Gasteiger charge is -2.18. The quantitative estimate of drug-likeness (QED) is 0.440. The molecular formula is C14H24O4. The Hall–Kier alpha value is -0.900. The molecule has 2 fully saturated rings. The average Bonchev–Trinajstić information content (AvgIpc) is 2.91. The number of fused-ring (bicyclic) bond motifs is 2. The SMILES string of the molecule is COC(C)OC(C)=O.O=CCC1CC2CCC1C2. The van der Waals surface area contributed by atoms with Crippen LogP contribution in [0.15, 0.2) is 0 Å². The molecule has 0 saturated heterocycles. The lowest BCUT2D eigenvalue weighted by Crippen LogP contribution is -2.13. The zero-order chi connectivity index (χ0) is 13.5. The molecule has 4 heteroatoms. The second-order valence-corrected chi connectivity index (χ2v) is 5.25. The Kier molecular flexibility index (Phi) is 6.33. The molecule has 0 aromatic rings. The molecule has 104 valence electrons. The maximum Gasteiger partial charge on any atom is 0.304 e. The third kappa shape index (κ3) is 4.77. The summed E-state index contributed by atoms with van der Waals surface area (Å²) in [5, 5.41) is 0. The van der Waals surface area contributed by atoms with Crippen molar-refractivity contribution in [2.75, 3.05) is 7.11 Å². The first kappa shape index (κ1) is 15.2. The third-order valence-corrected chi connectivity index (χ3v) is 3.95. The van der Waals surface area contributed by atoms with Crippen LogP contribution in [0.25, 0.3) is 0 Å². The molecule has 0 spiro atoms. The van der Waals surface area contributed by atoms with Crippen molar-refractivity contribution in [1.29, 1.82) is 0 Å². The van der Waals surface area contributed by atoms with Gasteiger partial charge in [0.15, 0.2) is 6.29 Å². The van der Waals surface area contributed by atoms with Crippen LogP contribution in [0.4, 0.5) is 0 Å². The van der Waals surface area contributed by atoms with E-state index in [1.54, 1.807) is 6.92 Å². The number of ether oxygens (including phenoxy) is 2. The van der Waals surface area contributed by atoms with Crippen molar-refractivity contribution < 1.29 is 19.1 Å². The number of carbonyl (C=O) groups excluding carboxylic acids is 2. The van der Waals surface area contributed by atoms with Crippen molar-refractivity contribution in [3.8, 4) is 0 Å². The highest BCUT2D eigenvalue weighted by Crippen LogP contribution is 2.49. The third-order valence-electron chi connectivity index (χ3n) is 3.95. The number of esters is 1. The lowest BCUT2D eigenvalue weighted by atomic mass is 9.87. The van der Waals surface area contributed by atoms with Crippen molar-refractivity contribution in [2.45, 2.75) is 52.2 Å². The molecule has 2 bridgehead atoms. The summed E-state index contributed by atoms with van der Waals surface area (Å²) in [6.07, 6.45) is 7.14. The summed E-state index contributed by atoms with van der Waals surface area (Å²) in [4.78, 5) is 20.3. The van der Waals surface area contributed by atoms with Gasteiger partial charge in [0.25, 0.3) is 0 Å². The molecule has 2 aliphatic rings. The first-order valence-electron chi connectivity index (χ1n) is 6.70. The van der Waals surface area contributed by atoms with E-state index >= 15 is 0 Å². The van der Waals surface area contributed by atoms with Gasteiger partial charge in [0.05, 0.1) is 0 Å². The first-order valence-corrected chi connectivity index (χ1v) is 6.70. The fourth-order valence-electron chi connectivity index (χ4n) is 3.07. The second kappa shape index (κ2) is 7.52. The fourth-order valence-corrected chi connectivity index (χ4v) is 3.07. The van der Waals surface area contributed by atoms with E-state index in [-0.39, 0.29) is 5.97 Å². The number of aldehydes is 1. The van der Waals surface area contributed by atoms with Crippen LogP contribution < -0.4 is 0 Å². The Bertz CT molecular complexity index is 277. The van der Waals surface area contributed by atoms with E-state index in [9.17, 15) is 9.59 Å². The van der Waals surface area contributed by atoms with E-state index in [1.165, 1.54) is 39.7 Å². The Morgan fingerprint density at radius 3 is 2.44 bits per heavy atom. The van der Waals surface area contributed by atoms with Gasteiger partial charge >= 0.3 is 5.97 Å². The van der Waals surface area contributed by atoms with Gasteiger partial charge in [-0.1, -0.05) is 6.42 Å². The van der Waals surface area contributed by atoms with Gasteiger partial charge < -0.3 is 14.3 Å². The number of hydrogen-bond donors (Lipinski definition) is 0. The van der Waals surface area contributed by atoms with Gasteiger partial charge in [0, 0.05) is 20.5 Å². The maximum absolute atomic E-state index is 10.2. The summed E-state index contributed by atoms with van der Waals surface area (Å²) in [7, 11) is 1.48. The van der Waals surface area contributed by atoms with E-state index in [1.807, 2.05) is 0 Å². The van der Waals surface area contributed by atoms with Gasteiger partial charge in [-0.2, -0.15) is 0 Å². The molecule has 0 amide bonds. The Labute approximate surface area is 109 Å². The highest BCUT2D eigenvalue weighted by Gasteiger charge is 2.38. The minimum atomic E-state index is -0.424. The Morgan fingerprint density at radius 2 is 2.11 bits per heavy atom. The monoisotopic (exact) mass is 256 g/mol. The van der Waals surface area contributed by atoms with Crippen molar-refractivity contribution in [1.82, 2.24) is 0 Å². The highest BCUT2D eigenvalue weighted by molar-refractivity contribution is 5.65. The predicted molar refractivity (Wildman–Crippen MR) is 67.9 cm³/mol. The van der Waals surface area contributed by atoms with Crippen molar-refractivity contribution >= 4 is 12.3 Å². The fraction of sp³-hybridized carbons (Fsp3) is 0.857. The molecule has 4 unspecified atom stereocenters. The molecule has 0 aliphatic heterocycles. The van der Waals surface area contributed by atoms with Crippen LogP contribution >= 0.6 is 0 Å². The molecule has 0 heterocycles. The topological polar surface area (TPSA) is 52.6 Å². The van der Waals surface area contributed by atoms with Crippen LogP contribution in [0.5, 0.6) is 0 Å². The van der Waals surface area contributed by atoms with E-state index < -0.39 is 6.29 Å². The summed E-state index contributed by atoms with van der Waals surface area (Å²) < 4.78 is 9.16. The van der Waals surface area contributed by atoms with Gasteiger partial charge in [-0.05, 0) is 43.9 Å². The molecule has 2 aliphatic carbocycles. The minimum absolute atomic E-state index is 0.320. The molecule has 0 N–H and O–H groups in total. The number of rotatable bonds is 4. The normalized spacial score (nSPS) is 30.3. The number of methoxy groups -OCH3 is 1. The zero-order valence-corrected chi connectivity index (χ0v) is 11.6. The van der Waals surface area contributed by atoms with Gasteiger partial charge in [-0.25, -0.2) is 0 Å². The van der Waals surface area contributed by atoms with Crippen molar-refractivity contribution in [3.05, 3.63) is 0 Å². The summed E-state index contributed by atoms with van der Waals surface area (Å²) >= 11 is 0. The largest absolute Gasteiger partial charge is 0.436 e. The van der Waals surface area contributed by atoms with E-state index in [0.29, 0.717) is 0 Å². The lowest BCUT2D eigenvalue weighted by molar-refractivity contribution is -0.166. The Morgan fingerprint density at radius 1 is 1.39 bits per heavy atom. The van der Waals surface area contributed by atoms with Crippen LogP contribution in [0.1, 0.15) is 46.0 Å². The van der Waals surface area contributed by atoms with Gasteiger partial charge in [-0.15, -0.1) is 0 Å². The molecule has 4 nitrogen and oxygen atoms in total. The second-order valence-electron chi connectivity index (χ2n) is 5.25. The molecule has 0 aromatic carbocycles. The predicted octanol–water partition coefficient (Wildman–Crippen LogP) is 2.55. The molecular weight excluding hydrogens is 232 g/mol. The van der Waals surface area contributed by atoms with Crippen LogP contribution in [0.3, 0.4) is 0 Å². The van der Waals surface area contributed by atoms with E-state index in [0.717, 1.165) is 30.5 Å². The van der Waals surface area contributed by atoms with Gasteiger partial charge in [0.2, 0.25) is 0 Å². The molecule has 4 atom stereocenters. The van der Waals surface area contributed by atoms with E-state index in [4.69, 9.17) is 0 Å². The van der Waals surface area contributed by atoms with Crippen LogP contribution in [0, 0.1) is 17.8 Å². The average molecular weight is 256 g/mol. The van der Waals surface area contributed by atoms with E-state index in [2.05, 4.69) is 9.47 Å². The van der Waals surface area contributed by atoms with Crippen LogP contribution in [-0.2, 0) is 19.1 Å². The maximum atomic E-state index is 10.2. The standard InChI is InChI=1S/C9H14O.C5H10O3/c10-4-3-9-6-7-1-2-8(9)5-7;1-4(6)8-5(2)7-3/h4,7-9H,1-3,5-6H2;5H,1-3H3. The first-order chi connectivity index (χ1) is 8.56. The number of carbonyl (C=O) groups is 2. The highest BCUT2D eigenvalue weighted by atomic mass is 16.7. The molecule has 2 saturated carbocycles. The summed E-state index contributed by atoms with van der Waals surface area (Å²) in [6.45, 7) is 3.00. The number of hydrogen-bond acceptors (Lipinski definition) is 4. The smallest absolute Gasteiger partial charge is 0.304 e. The molecule has 0 radical (unpaired) electrons. The molecule has 2 rings (SSSR count). The van der Waals surface area contributed by atoms with Crippen LogP contribution in [-0.4, -0.2) is 25.7 Å². The van der Waals surface area contributed by atoms with Crippen LogP contribution in [0.2, 0.25) is 0 Å². The molecule has 18 heavy (non-hydrogen) atoms. The van der Waals surface area contributed by atoms with Gasteiger partial charge in [-0.3, -0.25) is 4.79 Å². The summed E-state index contributed by atoms with van der Waals surface area (Å²) in [5.74, 6) is 2.38. The summed E-state index contributed by atoms with van der Waals surface area (Å²) in [5.41, 5.74) is 0. The zero-order valence-electron chi connectivity index (χ0n) is 11.6. The summed E-state index contributed by atoms with van der Waals surface area (Å²) in [6, 6.07) is 0. The van der Waals surface area contributed by atoms with Crippen molar-refractivity contribution in [3.63, 3.8) is 0 Å². The minimum Gasteiger partial charge on any atom is -0.436 e.